The molecule has 0 heterocycles. The predicted molar refractivity (Wildman–Crippen MR) is 52.2 cm³/mol. The maximum Gasteiger partial charge on any atom is 0.328 e. The lowest BCUT2D eigenvalue weighted by Crippen LogP contribution is -1.94. The lowest BCUT2D eigenvalue weighted by Gasteiger charge is -2.04. The van der Waals surface area contributed by atoms with Gasteiger partial charge in [-0.1, -0.05) is 0 Å². The monoisotopic (exact) mass is 195 g/mol. The molecule has 0 amide bonds. The van der Waals surface area contributed by atoms with Gasteiger partial charge in [0.15, 0.2) is 0 Å². The molecule has 0 radical (unpaired) electrons. The van der Waals surface area contributed by atoms with Crippen LogP contribution in [0.5, 0.6) is 0 Å². The van der Waals surface area contributed by atoms with Gasteiger partial charge in [0.25, 0.3) is 0 Å². The van der Waals surface area contributed by atoms with Gasteiger partial charge in [0.2, 0.25) is 0 Å². The molecule has 3 N–H and O–H groups in total. The van der Waals surface area contributed by atoms with Crippen LogP contribution < -0.4 is 5.73 Å². The summed E-state index contributed by atoms with van der Waals surface area (Å²) in [4.78, 5) is 10.2. The molecule has 1 rings (SSSR count). The van der Waals surface area contributed by atoms with Gasteiger partial charge in [-0.25, -0.2) is 9.18 Å². The number of nitrogen functional groups attached to an aromatic ring is 1. The molecule has 4 heteroatoms. The van der Waals surface area contributed by atoms with E-state index in [4.69, 9.17) is 10.8 Å². The van der Waals surface area contributed by atoms with Gasteiger partial charge >= 0.3 is 5.97 Å². The zero-order valence-electron chi connectivity index (χ0n) is 7.62. The van der Waals surface area contributed by atoms with Crippen LogP contribution in [0.15, 0.2) is 18.2 Å². The molecular formula is C10H10FNO2. The van der Waals surface area contributed by atoms with E-state index >= 15 is 0 Å². The minimum atomic E-state index is -1.08. The van der Waals surface area contributed by atoms with E-state index in [1.165, 1.54) is 18.2 Å². The fraction of sp³-hybridized carbons (Fsp3) is 0.100. The highest BCUT2D eigenvalue weighted by Crippen LogP contribution is 2.19. The van der Waals surface area contributed by atoms with E-state index in [1.54, 1.807) is 6.92 Å². The van der Waals surface area contributed by atoms with Crippen LogP contribution >= 0.6 is 0 Å². The molecule has 0 fully saturated rings. The van der Waals surface area contributed by atoms with Crippen molar-refractivity contribution < 1.29 is 14.3 Å². The standard InChI is InChI=1S/C10H10FNO2/c1-6-7(2-3-10(13)14)4-8(11)5-9(6)12/h2-5H,12H2,1H3,(H,13,14). The van der Waals surface area contributed by atoms with Gasteiger partial charge in [-0.2, -0.15) is 0 Å². The fourth-order valence-corrected chi connectivity index (χ4v) is 1.06. The van der Waals surface area contributed by atoms with Gasteiger partial charge in [0, 0.05) is 11.8 Å². The molecule has 0 aromatic heterocycles. The number of aliphatic carboxylic acids is 1. The largest absolute Gasteiger partial charge is 0.478 e. The average molecular weight is 195 g/mol. The van der Waals surface area contributed by atoms with Crippen LogP contribution in [0.25, 0.3) is 6.08 Å². The summed E-state index contributed by atoms with van der Waals surface area (Å²) >= 11 is 0. The molecule has 0 aliphatic carbocycles. The Morgan fingerprint density at radius 3 is 2.79 bits per heavy atom. The molecule has 1 aromatic carbocycles. The number of anilines is 1. The van der Waals surface area contributed by atoms with Crippen molar-refractivity contribution in [3.05, 3.63) is 35.2 Å². The van der Waals surface area contributed by atoms with E-state index < -0.39 is 11.8 Å². The molecule has 0 bridgehead atoms. The SMILES string of the molecule is Cc1c(N)cc(F)cc1C=CC(=O)O. The summed E-state index contributed by atoms with van der Waals surface area (Å²) in [5.74, 6) is -1.55. The van der Waals surface area contributed by atoms with Crippen molar-refractivity contribution in [3.8, 4) is 0 Å². The first kappa shape index (κ1) is 10.2. The van der Waals surface area contributed by atoms with Crippen LogP contribution in [0.2, 0.25) is 0 Å². The van der Waals surface area contributed by atoms with Crippen molar-refractivity contribution >= 4 is 17.7 Å². The van der Waals surface area contributed by atoms with Crippen molar-refractivity contribution in [2.75, 3.05) is 5.73 Å². The number of hydrogen-bond acceptors (Lipinski definition) is 2. The summed E-state index contributed by atoms with van der Waals surface area (Å²) in [5, 5.41) is 8.39. The highest BCUT2D eigenvalue weighted by molar-refractivity contribution is 5.86. The van der Waals surface area contributed by atoms with Crippen molar-refractivity contribution in [2.24, 2.45) is 0 Å². The van der Waals surface area contributed by atoms with E-state index in [2.05, 4.69) is 0 Å². The normalized spacial score (nSPS) is 10.7. The second kappa shape index (κ2) is 3.91. The Labute approximate surface area is 80.7 Å². The summed E-state index contributed by atoms with van der Waals surface area (Å²) < 4.78 is 12.9. The number of carboxylic acids is 1. The van der Waals surface area contributed by atoms with E-state index in [0.29, 0.717) is 16.8 Å². The molecule has 0 aliphatic rings. The van der Waals surface area contributed by atoms with Crippen LogP contribution in [-0.4, -0.2) is 11.1 Å². The van der Waals surface area contributed by atoms with Crippen molar-refractivity contribution in [2.45, 2.75) is 6.92 Å². The Bertz CT molecular complexity index is 399. The predicted octanol–water partition coefficient (Wildman–Crippen LogP) is 1.81. The number of benzene rings is 1. The molecule has 0 spiro atoms. The number of carbonyl (C=O) groups is 1. The minimum absolute atomic E-state index is 0.315. The Kier molecular flexibility index (Phi) is 2.86. The highest BCUT2D eigenvalue weighted by Gasteiger charge is 2.02. The molecule has 0 unspecified atom stereocenters. The first-order valence-corrected chi connectivity index (χ1v) is 3.97. The zero-order valence-corrected chi connectivity index (χ0v) is 7.62. The summed E-state index contributed by atoms with van der Waals surface area (Å²) in [6.07, 6.45) is 2.26. The molecule has 0 aliphatic heterocycles. The Morgan fingerprint density at radius 2 is 2.21 bits per heavy atom. The first-order chi connectivity index (χ1) is 6.50. The Balaban J connectivity index is 3.14. The van der Waals surface area contributed by atoms with E-state index in [0.717, 1.165) is 6.08 Å². The molecule has 1 aromatic rings. The van der Waals surface area contributed by atoms with Gasteiger partial charge in [-0.15, -0.1) is 0 Å². The maximum atomic E-state index is 12.9. The molecule has 0 saturated heterocycles. The number of carboxylic acid groups (broad SMARTS) is 1. The number of nitrogens with two attached hydrogens (primary N) is 1. The van der Waals surface area contributed by atoms with Gasteiger partial charge < -0.3 is 10.8 Å². The van der Waals surface area contributed by atoms with Gasteiger partial charge in [-0.3, -0.25) is 0 Å². The molecule has 3 nitrogen and oxygen atoms in total. The summed E-state index contributed by atoms with van der Waals surface area (Å²) in [7, 11) is 0. The first-order valence-electron chi connectivity index (χ1n) is 3.97. The fourth-order valence-electron chi connectivity index (χ4n) is 1.06. The minimum Gasteiger partial charge on any atom is -0.478 e. The number of halogens is 1. The molecule has 0 saturated carbocycles. The molecule has 0 atom stereocenters. The lowest BCUT2D eigenvalue weighted by atomic mass is 10.1. The van der Waals surface area contributed by atoms with Crippen LogP contribution in [-0.2, 0) is 4.79 Å². The van der Waals surface area contributed by atoms with Crippen LogP contribution in [0.4, 0.5) is 10.1 Å². The van der Waals surface area contributed by atoms with Gasteiger partial charge in [0.1, 0.15) is 5.82 Å². The smallest absolute Gasteiger partial charge is 0.328 e. The third kappa shape index (κ3) is 2.32. The molecule has 14 heavy (non-hydrogen) atoms. The second-order valence-corrected chi connectivity index (χ2v) is 2.88. The molecular weight excluding hydrogens is 185 g/mol. The second-order valence-electron chi connectivity index (χ2n) is 2.88. The van der Waals surface area contributed by atoms with Crippen LogP contribution in [0.3, 0.4) is 0 Å². The number of rotatable bonds is 2. The third-order valence-corrected chi connectivity index (χ3v) is 1.86. The van der Waals surface area contributed by atoms with Gasteiger partial charge in [0.05, 0.1) is 0 Å². The van der Waals surface area contributed by atoms with Crippen molar-refractivity contribution in [1.82, 2.24) is 0 Å². The van der Waals surface area contributed by atoms with Gasteiger partial charge in [-0.05, 0) is 36.3 Å². The van der Waals surface area contributed by atoms with Crippen LogP contribution in [0.1, 0.15) is 11.1 Å². The number of hydrogen-bond donors (Lipinski definition) is 2. The lowest BCUT2D eigenvalue weighted by molar-refractivity contribution is -0.131. The zero-order chi connectivity index (χ0) is 10.7. The van der Waals surface area contributed by atoms with E-state index in [1.807, 2.05) is 0 Å². The van der Waals surface area contributed by atoms with Crippen molar-refractivity contribution in [1.29, 1.82) is 0 Å². The third-order valence-electron chi connectivity index (χ3n) is 1.86. The average Bonchev–Trinajstić information content (AvgIpc) is 2.08. The summed E-state index contributed by atoms with van der Waals surface area (Å²) in [6.45, 7) is 1.70. The summed E-state index contributed by atoms with van der Waals surface area (Å²) in [6, 6.07) is 2.44. The Morgan fingerprint density at radius 1 is 1.57 bits per heavy atom. The maximum absolute atomic E-state index is 12.9. The highest BCUT2D eigenvalue weighted by atomic mass is 19.1. The van der Waals surface area contributed by atoms with E-state index in [9.17, 15) is 9.18 Å². The quantitative estimate of drug-likeness (QED) is 0.558. The Hall–Kier alpha value is -1.84. The van der Waals surface area contributed by atoms with E-state index in [-0.39, 0.29) is 0 Å². The van der Waals surface area contributed by atoms with Crippen LogP contribution in [0, 0.1) is 12.7 Å². The topological polar surface area (TPSA) is 63.3 Å². The van der Waals surface area contributed by atoms with Crippen molar-refractivity contribution in [3.63, 3.8) is 0 Å². The summed E-state index contributed by atoms with van der Waals surface area (Å²) in [5.41, 5.74) is 6.97. The molecule has 74 valence electrons.